The second-order valence-electron chi connectivity index (χ2n) is 4.33. The largest absolute Gasteiger partial charge is 0.409 e. The lowest BCUT2D eigenvalue weighted by Gasteiger charge is -2.21. The molecule has 0 unspecified atom stereocenters. The van der Waals surface area contributed by atoms with Crippen LogP contribution in [-0.4, -0.2) is 24.1 Å². The molecule has 0 radical (unpaired) electrons. The van der Waals surface area contributed by atoms with Gasteiger partial charge in [0.2, 0.25) is 0 Å². The standard InChI is InChI=1S/C12H17N3O/c1-8-7-9(12(13)14-16)3-6-11(8)15(2)10-4-5-10/h3,6-7,10,16H,4-5H2,1-2H3,(H2,13,14). The van der Waals surface area contributed by atoms with Crippen LogP contribution in [-0.2, 0) is 0 Å². The third kappa shape index (κ3) is 1.96. The molecule has 1 aromatic carbocycles. The fourth-order valence-electron chi connectivity index (χ4n) is 1.93. The van der Waals surface area contributed by atoms with Gasteiger partial charge in [-0.15, -0.1) is 0 Å². The molecule has 0 heterocycles. The van der Waals surface area contributed by atoms with Gasteiger partial charge in [0.25, 0.3) is 0 Å². The maximum absolute atomic E-state index is 8.61. The Bertz CT molecular complexity index is 424. The zero-order valence-electron chi connectivity index (χ0n) is 9.64. The van der Waals surface area contributed by atoms with E-state index in [1.165, 1.54) is 18.5 Å². The normalized spacial score (nSPS) is 16.2. The van der Waals surface area contributed by atoms with Gasteiger partial charge in [0.15, 0.2) is 5.84 Å². The number of amidine groups is 1. The summed E-state index contributed by atoms with van der Waals surface area (Å²) in [6.45, 7) is 2.04. The molecule has 0 saturated heterocycles. The Kier molecular flexibility index (Phi) is 2.73. The number of nitrogens with zero attached hydrogens (tertiary/aromatic N) is 2. The quantitative estimate of drug-likeness (QED) is 0.352. The zero-order valence-corrected chi connectivity index (χ0v) is 9.64. The van der Waals surface area contributed by atoms with Crippen LogP contribution >= 0.6 is 0 Å². The Labute approximate surface area is 95.4 Å². The first-order valence-electron chi connectivity index (χ1n) is 5.45. The molecule has 1 aliphatic rings. The minimum atomic E-state index is 0.156. The maximum atomic E-state index is 8.61. The van der Waals surface area contributed by atoms with Crippen LogP contribution in [0.25, 0.3) is 0 Å². The molecular formula is C12H17N3O. The van der Waals surface area contributed by atoms with E-state index in [1.807, 2.05) is 25.1 Å². The molecule has 4 heteroatoms. The van der Waals surface area contributed by atoms with Crippen molar-refractivity contribution in [1.29, 1.82) is 0 Å². The highest BCUT2D eigenvalue weighted by molar-refractivity contribution is 5.97. The summed E-state index contributed by atoms with van der Waals surface area (Å²) in [4.78, 5) is 2.30. The fraction of sp³-hybridized carbons (Fsp3) is 0.417. The summed E-state index contributed by atoms with van der Waals surface area (Å²) >= 11 is 0. The second-order valence-corrected chi connectivity index (χ2v) is 4.33. The summed E-state index contributed by atoms with van der Waals surface area (Å²) in [6, 6.07) is 6.55. The van der Waals surface area contributed by atoms with Gasteiger partial charge in [-0.1, -0.05) is 5.16 Å². The van der Waals surface area contributed by atoms with Crippen molar-refractivity contribution in [2.24, 2.45) is 10.9 Å². The predicted molar refractivity (Wildman–Crippen MR) is 65.1 cm³/mol. The summed E-state index contributed by atoms with van der Waals surface area (Å²) in [5.41, 5.74) is 8.68. The Morgan fingerprint density at radius 3 is 2.69 bits per heavy atom. The van der Waals surface area contributed by atoms with Gasteiger partial charge >= 0.3 is 0 Å². The molecule has 86 valence electrons. The van der Waals surface area contributed by atoms with E-state index in [0.29, 0.717) is 6.04 Å². The number of hydrogen-bond acceptors (Lipinski definition) is 3. The van der Waals surface area contributed by atoms with Crippen molar-refractivity contribution in [1.82, 2.24) is 0 Å². The molecule has 1 aliphatic carbocycles. The number of aryl methyl sites for hydroxylation is 1. The van der Waals surface area contributed by atoms with E-state index in [-0.39, 0.29) is 5.84 Å². The summed E-state index contributed by atoms with van der Waals surface area (Å²) in [7, 11) is 2.11. The van der Waals surface area contributed by atoms with Crippen LogP contribution in [0.5, 0.6) is 0 Å². The summed E-state index contributed by atoms with van der Waals surface area (Å²) in [5.74, 6) is 0.156. The molecule has 16 heavy (non-hydrogen) atoms. The monoisotopic (exact) mass is 219 g/mol. The molecule has 4 nitrogen and oxygen atoms in total. The topological polar surface area (TPSA) is 61.9 Å². The predicted octanol–water partition coefficient (Wildman–Crippen LogP) is 1.69. The maximum Gasteiger partial charge on any atom is 0.170 e. The summed E-state index contributed by atoms with van der Waals surface area (Å²) < 4.78 is 0. The van der Waals surface area contributed by atoms with E-state index in [0.717, 1.165) is 11.1 Å². The van der Waals surface area contributed by atoms with Crippen molar-refractivity contribution in [3.8, 4) is 0 Å². The van der Waals surface area contributed by atoms with E-state index < -0.39 is 0 Å². The number of nitrogens with two attached hydrogens (primary N) is 1. The highest BCUT2D eigenvalue weighted by Crippen LogP contribution is 2.32. The first-order chi connectivity index (χ1) is 7.63. The van der Waals surface area contributed by atoms with E-state index in [2.05, 4.69) is 17.1 Å². The average Bonchev–Trinajstić information content (AvgIpc) is 3.10. The van der Waals surface area contributed by atoms with Gasteiger partial charge in [-0.3, -0.25) is 0 Å². The van der Waals surface area contributed by atoms with Gasteiger partial charge in [-0.25, -0.2) is 0 Å². The van der Waals surface area contributed by atoms with Crippen LogP contribution in [0.3, 0.4) is 0 Å². The minimum Gasteiger partial charge on any atom is -0.409 e. The summed E-state index contributed by atoms with van der Waals surface area (Å²) in [5, 5.41) is 11.6. The van der Waals surface area contributed by atoms with Crippen LogP contribution in [0.4, 0.5) is 5.69 Å². The number of rotatable bonds is 3. The molecule has 0 aliphatic heterocycles. The highest BCUT2D eigenvalue weighted by Gasteiger charge is 2.27. The van der Waals surface area contributed by atoms with Gasteiger partial charge < -0.3 is 15.8 Å². The second kappa shape index (κ2) is 4.04. The number of hydrogen-bond donors (Lipinski definition) is 2. The van der Waals surface area contributed by atoms with Crippen LogP contribution in [0.15, 0.2) is 23.4 Å². The molecule has 2 rings (SSSR count). The lowest BCUT2D eigenvalue weighted by molar-refractivity contribution is 0.318. The van der Waals surface area contributed by atoms with Crippen molar-refractivity contribution < 1.29 is 5.21 Å². The molecule has 3 N–H and O–H groups in total. The zero-order chi connectivity index (χ0) is 11.7. The third-order valence-corrected chi connectivity index (χ3v) is 3.07. The molecule has 0 atom stereocenters. The SMILES string of the molecule is Cc1cc(/C(N)=N/O)ccc1N(C)C1CC1. The Morgan fingerprint density at radius 1 is 1.50 bits per heavy atom. The van der Waals surface area contributed by atoms with Gasteiger partial charge in [-0.2, -0.15) is 0 Å². The van der Waals surface area contributed by atoms with E-state index in [9.17, 15) is 0 Å². The third-order valence-electron chi connectivity index (χ3n) is 3.07. The molecule has 1 saturated carbocycles. The lowest BCUT2D eigenvalue weighted by Crippen LogP contribution is -2.21. The molecular weight excluding hydrogens is 202 g/mol. The highest BCUT2D eigenvalue weighted by atomic mass is 16.4. The van der Waals surface area contributed by atoms with Crippen molar-refractivity contribution in [3.63, 3.8) is 0 Å². The number of benzene rings is 1. The summed E-state index contributed by atoms with van der Waals surface area (Å²) in [6.07, 6.45) is 2.55. The molecule has 0 spiro atoms. The Hall–Kier alpha value is -1.71. The molecule has 1 aromatic rings. The van der Waals surface area contributed by atoms with Crippen LogP contribution in [0.1, 0.15) is 24.0 Å². The van der Waals surface area contributed by atoms with Crippen LogP contribution in [0, 0.1) is 6.92 Å². The van der Waals surface area contributed by atoms with E-state index >= 15 is 0 Å². The van der Waals surface area contributed by atoms with Crippen molar-refractivity contribution >= 4 is 11.5 Å². The van der Waals surface area contributed by atoms with Gasteiger partial charge in [0.05, 0.1) is 0 Å². The molecule has 1 fully saturated rings. The fourth-order valence-corrected chi connectivity index (χ4v) is 1.93. The van der Waals surface area contributed by atoms with Crippen molar-refractivity contribution in [3.05, 3.63) is 29.3 Å². The minimum absolute atomic E-state index is 0.156. The first kappa shape index (κ1) is 10.8. The first-order valence-corrected chi connectivity index (χ1v) is 5.45. The van der Waals surface area contributed by atoms with Crippen LogP contribution in [0.2, 0.25) is 0 Å². The molecule has 0 aromatic heterocycles. The van der Waals surface area contributed by atoms with Crippen LogP contribution < -0.4 is 10.6 Å². The van der Waals surface area contributed by atoms with Gasteiger partial charge in [0.1, 0.15) is 0 Å². The lowest BCUT2D eigenvalue weighted by atomic mass is 10.1. The average molecular weight is 219 g/mol. The van der Waals surface area contributed by atoms with Crippen molar-refractivity contribution in [2.45, 2.75) is 25.8 Å². The Balaban J connectivity index is 2.28. The molecule has 0 amide bonds. The Morgan fingerprint density at radius 2 is 2.19 bits per heavy atom. The van der Waals surface area contributed by atoms with Gasteiger partial charge in [0, 0.05) is 24.3 Å². The van der Waals surface area contributed by atoms with E-state index in [1.54, 1.807) is 0 Å². The van der Waals surface area contributed by atoms with Crippen molar-refractivity contribution in [2.75, 3.05) is 11.9 Å². The van der Waals surface area contributed by atoms with E-state index in [4.69, 9.17) is 10.9 Å². The number of anilines is 1. The smallest absolute Gasteiger partial charge is 0.170 e. The van der Waals surface area contributed by atoms with Gasteiger partial charge in [-0.05, 0) is 43.5 Å². The number of oxime groups is 1. The molecule has 0 bridgehead atoms.